The van der Waals surface area contributed by atoms with Gasteiger partial charge in [0.1, 0.15) is 0 Å². The third-order valence-corrected chi connectivity index (χ3v) is 5.09. The summed E-state index contributed by atoms with van der Waals surface area (Å²) < 4.78 is 0. The van der Waals surface area contributed by atoms with Crippen molar-refractivity contribution in [3.05, 3.63) is 71.8 Å². The van der Waals surface area contributed by atoms with Gasteiger partial charge in [0, 0.05) is 25.6 Å². The minimum atomic E-state index is -0.573. The molecule has 1 aliphatic heterocycles. The Bertz CT molecular complexity index is 760. The maximum atomic E-state index is 12.9. The van der Waals surface area contributed by atoms with Gasteiger partial charge < -0.3 is 10.2 Å². The van der Waals surface area contributed by atoms with E-state index >= 15 is 0 Å². The first-order chi connectivity index (χ1) is 12.5. The average molecular weight is 350 g/mol. The molecule has 26 heavy (non-hydrogen) atoms. The number of carbonyl (C=O) groups is 2. The Morgan fingerprint density at radius 1 is 1.08 bits per heavy atom. The lowest BCUT2D eigenvalue weighted by molar-refractivity contribution is -0.149. The highest BCUT2D eigenvalue weighted by Crippen LogP contribution is 2.34. The van der Waals surface area contributed by atoms with Gasteiger partial charge in [-0.15, -0.1) is 0 Å². The van der Waals surface area contributed by atoms with Gasteiger partial charge in [0.2, 0.25) is 11.8 Å². The van der Waals surface area contributed by atoms with E-state index in [1.807, 2.05) is 79.4 Å². The van der Waals surface area contributed by atoms with Crippen molar-refractivity contribution < 1.29 is 9.59 Å². The number of piperidine rings is 1. The zero-order valence-corrected chi connectivity index (χ0v) is 15.4. The highest BCUT2D eigenvalue weighted by Gasteiger charge is 2.44. The molecule has 4 heteroatoms. The molecule has 0 unspecified atom stereocenters. The monoisotopic (exact) mass is 350 g/mol. The van der Waals surface area contributed by atoms with E-state index in [-0.39, 0.29) is 17.7 Å². The van der Waals surface area contributed by atoms with Crippen molar-refractivity contribution in [2.75, 3.05) is 6.54 Å². The molecule has 0 spiro atoms. The molecule has 1 aliphatic rings. The molecule has 1 fully saturated rings. The summed E-state index contributed by atoms with van der Waals surface area (Å²) in [6.45, 7) is 5.39. The Labute approximate surface area is 155 Å². The lowest BCUT2D eigenvalue weighted by atomic mass is 9.76. The summed E-state index contributed by atoms with van der Waals surface area (Å²) in [5.41, 5.74) is 1.59. The molecular formula is C22H26N2O2. The van der Waals surface area contributed by atoms with E-state index in [1.54, 1.807) is 0 Å². The number of nitrogens with zero attached hydrogens (tertiary/aromatic N) is 1. The van der Waals surface area contributed by atoms with Crippen LogP contribution in [0.15, 0.2) is 60.7 Å². The number of amides is 2. The first-order valence-electron chi connectivity index (χ1n) is 9.13. The van der Waals surface area contributed by atoms with Crippen LogP contribution in [-0.2, 0) is 22.7 Å². The molecule has 4 nitrogen and oxygen atoms in total. The third-order valence-electron chi connectivity index (χ3n) is 5.09. The Balaban J connectivity index is 1.69. The molecule has 2 atom stereocenters. The zero-order chi connectivity index (χ0) is 18.6. The number of likely N-dealkylation sites (tertiary alicyclic amines) is 1. The van der Waals surface area contributed by atoms with Crippen LogP contribution in [0.5, 0.6) is 0 Å². The van der Waals surface area contributed by atoms with Gasteiger partial charge in [-0.25, -0.2) is 0 Å². The molecular weight excluding hydrogens is 324 g/mol. The number of carbonyl (C=O) groups excluding carboxylic acids is 2. The van der Waals surface area contributed by atoms with Crippen molar-refractivity contribution in [2.24, 2.45) is 11.3 Å². The van der Waals surface area contributed by atoms with E-state index in [0.29, 0.717) is 26.1 Å². The average Bonchev–Trinajstić information content (AvgIpc) is 2.65. The molecule has 1 N–H and O–H groups in total. The Hall–Kier alpha value is -2.62. The minimum absolute atomic E-state index is 0.0127. The van der Waals surface area contributed by atoms with Gasteiger partial charge in [0.25, 0.3) is 0 Å². The van der Waals surface area contributed by atoms with E-state index < -0.39 is 5.41 Å². The van der Waals surface area contributed by atoms with E-state index in [9.17, 15) is 9.59 Å². The van der Waals surface area contributed by atoms with Crippen molar-refractivity contribution in [2.45, 2.75) is 33.4 Å². The molecule has 0 saturated carbocycles. The number of hydrogen-bond acceptors (Lipinski definition) is 2. The first kappa shape index (κ1) is 18.2. The number of hydrogen-bond donors (Lipinski definition) is 1. The minimum Gasteiger partial charge on any atom is -0.351 e. The molecule has 1 saturated heterocycles. The second-order valence-electron chi connectivity index (χ2n) is 7.51. The number of rotatable bonds is 5. The van der Waals surface area contributed by atoms with Crippen LogP contribution in [0.2, 0.25) is 0 Å². The summed E-state index contributed by atoms with van der Waals surface area (Å²) in [4.78, 5) is 27.3. The SMILES string of the molecule is C[C@H]1C[C@](C)(C(=O)NCc2ccccc2)CN(Cc2ccccc2)C1=O. The molecule has 136 valence electrons. The Kier molecular flexibility index (Phi) is 5.40. The van der Waals surface area contributed by atoms with Crippen LogP contribution in [0.25, 0.3) is 0 Å². The predicted molar refractivity (Wildman–Crippen MR) is 102 cm³/mol. The van der Waals surface area contributed by atoms with Crippen molar-refractivity contribution in [3.63, 3.8) is 0 Å². The Morgan fingerprint density at radius 2 is 1.65 bits per heavy atom. The fourth-order valence-electron chi connectivity index (χ4n) is 3.73. The first-order valence-corrected chi connectivity index (χ1v) is 9.13. The third kappa shape index (κ3) is 4.13. The highest BCUT2D eigenvalue weighted by molar-refractivity contribution is 5.87. The lowest BCUT2D eigenvalue weighted by Gasteiger charge is -2.42. The van der Waals surface area contributed by atoms with E-state index in [0.717, 1.165) is 11.1 Å². The molecule has 1 heterocycles. The summed E-state index contributed by atoms with van der Waals surface area (Å²) in [5.74, 6) is -0.0131. The second kappa shape index (κ2) is 7.73. The van der Waals surface area contributed by atoms with Crippen LogP contribution >= 0.6 is 0 Å². The van der Waals surface area contributed by atoms with Gasteiger partial charge in [-0.05, 0) is 24.5 Å². The maximum Gasteiger partial charge on any atom is 0.228 e. The molecule has 0 aromatic heterocycles. The van der Waals surface area contributed by atoms with Gasteiger partial charge >= 0.3 is 0 Å². The topological polar surface area (TPSA) is 49.4 Å². The number of nitrogens with one attached hydrogen (secondary N) is 1. The standard InChI is InChI=1S/C22H26N2O2/c1-17-13-22(2,21(26)23-14-18-9-5-3-6-10-18)16-24(20(17)25)15-19-11-7-4-8-12-19/h3-12,17H,13-16H2,1-2H3,(H,23,26)/t17-,22-/m0/s1. The van der Waals surface area contributed by atoms with E-state index in [2.05, 4.69) is 5.32 Å². The van der Waals surface area contributed by atoms with Crippen LogP contribution in [0, 0.1) is 11.3 Å². The van der Waals surface area contributed by atoms with Crippen LogP contribution < -0.4 is 5.32 Å². The predicted octanol–water partition coefficient (Wildman–Crippen LogP) is 3.38. The maximum absolute atomic E-state index is 12.9. The fourth-order valence-corrected chi connectivity index (χ4v) is 3.73. The summed E-state index contributed by atoms with van der Waals surface area (Å²) in [7, 11) is 0. The molecule has 0 aliphatic carbocycles. The largest absolute Gasteiger partial charge is 0.351 e. The second-order valence-corrected chi connectivity index (χ2v) is 7.51. The summed E-state index contributed by atoms with van der Waals surface area (Å²) in [5, 5.41) is 3.05. The number of benzene rings is 2. The van der Waals surface area contributed by atoms with Crippen molar-refractivity contribution in [1.82, 2.24) is 10.2 Å². The van der Waals surface area contributed by atoms with E-state index in [4.69, 9.17) is 0 Å². The van der Waals surface area contributed by atoms with Gasteiger partial charge in [-0.3, -0.25) is 9.59 Å². The lowest BCUT2D eigenvalue weighted by Crippen LogP contribution is -2.54. The van der Waals surface area contributed by atoms with Crippen LogP contribution in [0.4, 0.5) is 0 Å². The van der Waals surface area contributed by atoms with Crippen molar-refractivity contribution in [3.8, 4) is 0 Å². The summed E-state index contributed by atoms with van der Waals surface area (Å²) >= 11 is 0. The van der Waals surface area contributed by atoms with Crippen LogP contribution in [0.3, 0.4) is 0 Å². The van der Waals surface area contributed by atoms with E-state index in [1.165, 1.54) is 0 Å². The van der Waals surface area contributed by atoms with Gasteiger partial charge in [0.05, 0.1) is 5.41 Å². The van der Waals surface area contributed by atoms with Gasteiger partial charge in [-0.2, -0.15) is 0 Å². The highest BCUT2D eigenvalue weighted by atomic mass is 16.2. The van der Waals surface area contributed by atoms with Gasteiger partial charge in [0.15, 0.2) is 0 Å². The molecule has 0 radical (unpaired) electrons. The Morgan fingerprint density at radius 3 is 2.27 bits per heavy atom. The zero-order valence-electron chi connectivity index (χ0n) is 15.4. The smallest absolute Gasteiger partial charge is 0.228 e. The summed E-state index contributed by atoms with van der Waals surface area (Å²) in [6.07, 6.45) is 0.581. The van der Waals surface area contributed by atoms with Crippen LogP contribution in [-0.4, -0.2) is 23.3 Å². The van der Waals surface area contributed by atoms with Crippen LogP contribution in [0.1, 0.15) is 31.4 Å². The molecule has 0 bridgehead atoms. The molecule has 3 rings (SSSR count). The summed E-state index contributed by atoms with van der Waals surface area (Å²) in [6, 6.07) is 19.8. The normalized spacial score (nSPS) is 22.9. The van der Waals surface area contributed by atoms with Crippen molar-refractivity contribution >= 4 is 11.8 Å². The molecule has 2 aromatic carbocycles. The fraction of sp³-hybridized carbons (Fsp3) is 0.364. The van der Waals surface area contributed by atoms with Gasteiger partial charge in [-0.1, -0.05) is 67.6 Å². The quantitative estimate of drug-likeness (QED) is 0.899. The molecule has 2 amide bonds. The van der Waals surface area contributed by atoms with Crippen molar-refractivity contribution in [1.29, 1.82) is 0 Å². The molecule has 2 aromatic rings.